The highest BCUT2D eigenvalue weighted by Gasteiger charge is 2.32. The number of rotatable bonds is 6. The van der Waals surface area contributed by atoms with Gasteiger partial charge in [-0.1, -0.05) is 5.16 Å². The quantitative estimate of drug-likeness (QED) is 0.832. The minimum absolute atomic E-state index is 0.0644. The number of carbonyl (C=O) groups is 1. The molecule has 0 aliphatic heterocycles. The summed E-state index contributed by atoms with van der Waals surface area (Å²) in [5.74, 6) is 0.168. The van der Waals surface area contributed by atoms with E-state index in [2.05, 4.69) is 15.4 Å². The molecular weight excluding hydrogens is 322 g/mol. The molecule has 1 aromatic carbocycles. The Balaban J connectivity index is 1.90. The first-order valence-electron chi connectivity index (χ1n) is 8.31. The Labute approximate surface area is 146 Å². The summed E-state index contributed by atoms with van der Waals surface area (Å²) in [5.41, 5.74) is 0.712. The molecule has 7 nitrogen and oxygen atoms in total. The molecule has 0 unspecified atom stereocenters. The van der Waals surface area contributed by atoms with Gasteiger partial charge in [-0.2, -0.15) is 0 Å². The Bertz CT molecular complexity index is 739. The third-order valence-electron chi connectivity index (χ3n) is 4.72. The number of benzene rings is 1. The van der Waals surface area contributed by atoms with Crippen LogP contribution in [0.4, 0.5) is 5.82 Å². The topological polar surface area (TPSA) is 87.8 Å². The van der Waals surface area contributed by atoms with Crippen molar-refractivity contribution < 1.29 is 19.2 Å². The van der Waals surface area contributed by atoms with Gasteiger partial charge in [0.1, 0.15) is 5.75 Å². The van der Waals surface area contributed by atoms with Crippen LogP contribution in [0.25, 0.3) is 11.3 Å². The number of ether oxygens (including phenoxy) is 1. The highest BCUT2D eigenvalue weighted by molar-refractivity contribution is 5.99. The van der Waals surface area contributed by atoms with Gasteiger partial charge in [0.05, 0.1) is 7.11 Å². The number of nitrogens with zero attached hydrogens (tertiary/aromatic N) is 2. The molecule has 1 aliphatic rings. The summed E-state index contributed by atoms with van der Waals surface area (Å²) >= 11 is 0. The number of carboxylic acids is 1. The van der Waals surface area contributed by atoms with Crippen LogP contribution >= 0.6 is 0 Å². The predicted octanol–water partition coefficient (Wildman–Crippen LogP) is 2.94. The second kappa shape index (κ2) is 7.14. The second-order valence-corrected chi connectivity index (χ2v) is 6.48. The molecule has 0 saturated heterocycles. The smallest absolute Gasteiger partial charge is 0.343 e. The largest absolute Gasteiger partial charge is 0.497 e. The minimum Gasteiger partial charge on any atom is -0.497 e. The lowest BCUT2D eigenvalue weighted by atomic mass is 10.1. The molecule has 1 heterocycles. The molecule has 2 N–H and O–H groups in total. The monoisotopic (exact) mass is 345 g/mol. The van der Waals surface area contributed by atoms with Gasteiger partial charge in [-0.3, -0.25) is 0 Å². The number of anilines is 1. The number of hydrogen-bond donors (Lipinski definition) is 2. The highest BCUT2D eigenvalue weighted by Crippen LogP contribution is 2.33. The minimum atomic E-state index is -1.06. The van der Waals surface area contributed by atoms with Crippen LogP contribution in [-0.2, 0) is 0 Å². The molecule has 7 heteroatoms. The number of hydrogen-bond acceptors (Lipinski definition) is 6. The normalized spacial score (nSPS) is 20.0. The van der Waals surface area contributed by atoms with Gasteiger partial charge in [0.25, 0.3) is 0 Å². The molecule has 1 saturated carbocycles. The molecular formula is C18H23N3O4. The molecule has 0 bridgehead atoms. The molecule has 25 heavy (non-hydrogen) atoms. The third-order valence-corrected chi connectivity index (χ3v) is 4.72. The van der Waals surface area contributed by atoms with Gasteiger partial charge in [-0.25, -0.2) is 4.79 Å². The Morgan fingerprint density at radius 1 is 1.32 bits per heavy atom. The van der Waals surface area contributed by atoms with Gasteiger partial charge in [0.2, 0.25) is 0 Å². The van der Waals surface area contributed by atoms with Crippen molar-refractivity contribution in [2.45, 2.75) is 31.3 Å². The highest BCUT2D eigenvalue weighted by atomic mass is 16.5. The first-order valence-corrected chi connectivity index (χ1v) is 8.31. The molecule has 0 amide bonds. The number of likely N-dealkylation sites (N-methyl/N-ethyl adjacent to an activating group) is 1. The van der Waals surface area contributed by atoms with Crippen LogP contribution < -0.4 is 10.1 Å². The SMILES string of the molecule is COc1ccc(-c2onc(N[C@@H]3CCC[C@H]3N(C)C)c2C(=O)O)cc1. The lowest BCUT2D eigenvalue weighted by Gasteiger charge is -2.26. The fourth-order valence-corrected chi connectivity index (χ4v) is 3.43. The van der Waals surface area contributed by atoms with Gasteiger partial charge < -0.3 is 24.6 Å². The summed E-state index contributed by atoms with van der Waals surface area (Å²) in [7, 11) is 5.65. The van der Waals surface area contributed by atoms with E-state index in [1.165, 1.54) is 0 Å². The maximum atomic E-state index is 11.8. The zero-order valence-corrected chi connectivity index (χ0v) is 14.7. The van der Waals surface area contributed by atoms with E-state index in [1.807, 2.05) is 14.1 Å². The standard InChI is InChI=1S/C18H23N3O4/c1-21(2)14-6-4-5-13(14)19-17-15(18(22)23)16(25-20-17)11-7-9-12(24-3)10-8-11/h7-10,13-14H,4-6H2,1-3H3,(H,19,20)(H,22,23)/t13-,14-/m1/s1. The Kier molecular flexibility index (Phi) is 4.94. The van der Waals surface area contributed by atoms with Crippen molar-refractivity contribution in [3.8, 4) is 17.1 Å². The van der Waals surface area contributed by atoms with Crippen LogP contribution in [0, 0.1) is 0 Å². The van der Waals surface area contributed by atoms with Crippen LogP contribution in [0.1, 0.15) is 29.6 Å². The van der Waals surface area contributed by atoms with E-state index < -0.39 is 5.97 Å². The van der Waals surface area contributed by atoms with E-state index in [1.54, 1.807) is 31.4 Å². The summed E-state index contributed by atoms with van der Waals surface area (Å²) < 4.78 is 10.5. The van der Waals surface area contributed by atoms with E-state index in [0.29, 0.717) is 17.4 Å². The number of aromatic carboxylic acids is 1. The van der Waals surface area contributed by atoms with Crippen LogP contribution in [0.5, 0.6) is 5.75 Å². The van der Waals surface area contributed by atoms with Crippen molar-refractivity contribution in [3.05, 3.63) is 29.8 Å². The maximum Gasteiger partial charge on any atom is 0.343 e. The van der Waals surface area contributed by atoms with E-state index in [-0.39, 0.29) is 23.2 Å². The van der Waals surface area contributed by atoms with Gasteiger partial charge >= 0.3 is 5.97 Å². The second-order valence-electron chi connectivity index (χ2n) is 6.48. The van der Waals surface area contributed by atoms with Crippen molar-refractivity contribution in [2.75, 3.05) is 26.5 Å². The molecule has 2 atom stereocenters. The Morgan fingerprint density at radius 3 is 2.64 bits per heavy atom. The summed E-state index contributed by atoms with van der Waals surface area (Å²) in [6.07, 6.45) is 3.16. The summed E-state index contributed by atoms with van der Waals surface area (Å²) in [4.78, 5) is 14.0. The van der Waals surface area contributed by atoms with Crippen molar-refractivity contribution in [2.24, 2.45) is 0 Å². The van der Waals surface area contributed by atoms with E-state index >= 15 is 0 Å². The molecule has 1 aliphatic carbocycles. The first kappa shape index (κ1) is 17.3. The predicted molar refractivity (Wildman–Crippen MR) is 94.2 cm³/mol. The zero-order valence-electron chi connectivity index (χ0n) is 14.7. The Morgan fingerprint density at radius 2 is 2.04 bits per heavy atom. The maximum absolute atomic E-state index is 11.8. The van der Waals surface area contributed by atoms with E-state index in [0.717, 1.165) is 19.3 Å². The molecule has 134 valence electrons. The van der Waals surface area contributed by atoms with Gasteiger partial charge in [-0.15, -0.1) is 0 Å². The van der Waals surface area contributed by atoms with Crippen LogP contribution in [-0.4, -0.2) is 54.4 Å². The van der Waals surface area contributed by atoms with Gasteiger partial charge in [-0.05, 0) is 57.6 Å². The molecule has 1 fully saturated rings. The molecule has 3 rings (SSSR count). The van der Waals surface area contributed by atoms with Crippen LogP contribution in [0.3, 0.4) is 0 Å². The number of nitrogens with one attached hydrogen (secondary N) is 1. The number of methoxy groups -OCH3 is 1. The van der Waals surface area contributed by atoms with Gasteiger partial charge in [0.15, 0.2) is 17.1 Å². The molecule has 0 spiro atoms. The van der Waals surface area contributed by atoms with E-state index in [4.69, 9.17) is 9.26 Å². The fraction of sp³-hybridized carbons (Fsp3) is 0.444. The lowest BCUT2D eigenvalue weighted by molar-refractivity contribution is 0.0698. The molecule has 1 aromatic heterocycles. The van der Waals surface area contributed by atoms with Crippen molar-refractivity contribution in [1.82, 2.24) is 10.1 Å². The third kappa shape index (κ3) is 3.46. The van der Waals surface area contributed by atoms with Crippen molar-refractivity contribution in [1.29, 1.82) is 0 Å². The van der Waals surface area contributed by atoms with Gasteiger partial charge in [0, 0.05) is 17.6 Å². The fourth-order valence-electron chi connectivity index (χ4n) is 3.43. The van der Waals surface area contributed by atoms with Crippen molar-refractivity contribution in [3.63, 3.8) is 0 Å². The first-order chi connectivity index (χ1) is 12.0. The molecule has 0 radical (unpaired) electrons. The van der Waals surface area contributed by atoms with Crippen LogP contribution in [0.2, 0.25) is 0 Å². The number of aromatic nitrogens is 1. The summed E-state index contributed by atoms with van der Waals surface area (Å²) in [6, 6.07) is 7.54. The summed E-state index contributed by atoms with van der Waals surface area (Å²) in [6.45, 7) is 0. The Hall–Kier alpha value is -2.54. The molecule has 2 aromatic rings. The summed E-state index contributed by atoms with van der Waals surface area (Å²) in [5, 5.41) is 17.0. The number of carboxylic acid groups (broad SMARTS) is 1. The zero-order chi connectivity index (χ0) is 18.0. The average Bonchev–Trinajstić information content (AvgIpc) is 3.22. The average molecular weight is 345 g/mol. The lowest BCUT2D eigenvalue weighted by Crippen LogP contribution is -2.39. The van der Waals surface area contributed by atoms with E-state index in [9.17, 15) is 9.90 Å². The van der Waals surface area contributed by atoms with Crippen LogP contribution in [0.15, 0.2) is 28.8 Å². The van der Waals surface area contributed by atoms with Crippen molar-refractivity contribution >= 4 is 11.8 Å².